The Kier molecular flexibility index (Phi) is 4.24. The molecule has 18 heavy (non-hydrogen) atoms. The summed E-state index contributed by atoms with van der Waals surface area (Å²) in [7, 11) is 0. The van der Waals surface area contributed by atoms with E-state index in [1.165, 1.54) is 11.8 Å². The molecule has 3 nitrogen and oxygen atoms in total. The zero-order chi connectivity index (χ0) is 13.1. The Bertz CT molecular complexity index is 518. The molecule has 0 fully saturated rings. The fraction of sp³-hybridized carbons (Fsp3) is 0.385. The first-order valence-corrected chi connectivity index (χ1v) is 7.63. The van der Waals surface area contributed by atoms with Gasteiger partial charge in [0.25, 0.3) is 0 Å². The lowest BCUT2D eigenvalue weighted by Gasteiger charge is -2.14. The third-order valence-corrected chi connectivity index (χ3v) is 5.34. The average molecular weight is 281 g/mol. The number of nitrogens with zero attached hydrogens (tertiary/aromatic N) is 1. The van der Waals surface area contributed by atoms with Crippen LogP contribution in [-0.2, 0) is 10.5 Å². The number of thioether (sulfide) groups is 1. The summed E-state index contributed by atoms with van der Waals surface area (Å²) < 4.78 is 1.16. The van der Waals surface area contributed by atoms with E-state index in [0.29, 0.717) is 5.75 Å². The summed E-state index contributed by atoms with van der Waals surface area (Å²) in [6.07, 6.45) is 0. The van der Waals surface area contributed by atoms with Crippen molar-refractivity contribution in [3.8, 4) is 0 Å². The molecule has 1 unspecified atom stereocenters. The summed E-state index contributed by atoms with van der Waals surface area (Å²) in [5.41, 5.74) is 0.995. The monoisotopic (exact) mass is 281 g/mol. The highest BCUT2D eigenvalue weighted by Crippen LogP contribution is 2.28. The van der Waals surface area contributed by atoms with E-state index < -0.39 is 5.97 Å². The molecule has 1 N–H and O–H groups in total. The molecular weight excluding hydrogens is 266 g/mol. The first-order valence-electron chi connectivity index (χ1n) is 5.77. The van der Waals surface area contributed by atoms with Gasteiger partial charge in [-0.2, -0.15) is 0 Å². The van der Waals surface area contributed by atoms with Gasteiger partial charge in [-0.3, -0.25) is 4.79 Å². The van der Waals surface area contributed by atoms with Crippen LogP contribution >= 0.6 is 23.1 Å². The number of carbonyl (C=O) groups is 1. The number of benzene rings is 1. The number of fused-ring (bicyclic) bond motifs is 1. The molecule has 0 saturated heterocycles. The summed E-state index contributed by atoms with van der Waals surface area (Å²) in [4.78, 5) is 15.6. The standard InChI is InChI=1S/C13H15NO2S2/c1-8(2)12(13(15)16)17-7-11-14-9-5-3-4-6-10(9)18-11/h3-6,8,12H,7H2,1-2H3,(H,15,16). The van der Waals surface area contributed by atoms with Crippen molar-refractivity contribution in [3.05, 3.63) is 29.3 Å². The first-order chi connectivity index (χ1) is 8.58. The Morgan fingerprint density at radius 3 is 2.78 bits per heavy atom. The number of para-hydroxylation sites is 1. The van der Waals surface area contributed by atoms with Gasteiger partial charge in [-0.15, -0.1) is 23.1 Å². The Balaban J connectivity index is 2.07. The molecule has 2 rings (SSSR count). The lowest BCUT2D eigenvalue weighted by Crippen LogP contribution is -2.22. The quantitative estimate of drug-likeness (QED) is 0.909. The van der Waals surface area contributed by atoms with E-state index in [4.69, 9.17) is 5.11 Å². The van der Waals surface area contributed by atoms with Crippen LogP contribution in [0.2, 0.25) is 0 Å². The van der Waals surface area contributed by atoms with Crippen LogP contribution in [0.4, 0.5) is 0 Å². The topological polar surface area (TPSA) is 50.2 Å². The minimum atomic E-state index is -0.740. The fourth-order valence-corrected chi connectivity index (χ4v) is 3.81. The minimum Gasteiger partial charge on any atom is -0.480 e. The van der Waals surface area contributed by atoms with Crippen molar-refractivity contribution in [1.82, 2.24) is 4.98 Å². The van der Waals surface area contributed by atoms with Crippen LogP contribution in [-0.4, -0.2) is 21.3 Å². The van der Waals surface area contributed by atoms with E-state index in [2.05, 4.69) is 4.98 Å². The Hall–Kier alpha value is -1.07. The molecule has 1 aromatic carbocycles. The highest BCUT2D eigenvalue weighted by atomic mass is 32.2. The SMILES string of the molecule is CC(C)C(SCc1nc2ccccc2s1)C(=O)O. The van der Waals surface area contributed by atoms with Gasteiger partial charge in [0, 0.05) is 5.75 Å². The van der Waals surface area contributed by atoms with E-state index >= 15 is 0 Å². The molecule has 1 heterocycles. The molecule has 1 aromatic heterocycles. The maximum Gasteiger partial charge on any atom is 0.316 e. The zero-order valence-electron chi connectivity index (χ0n) is 10.3. The molecule has 0 amide bonds. The van der Waals surface area contributed by atoms with Crippen molar-refractivity contribution >= 4 is 39.3 Å². The van der Waals surface area contributed by atoms with E-state index in [1.54, 1.807) is 11.3 Å². The van der Waals surface area contributed by atoms with Crippen LogP contribution in [0.1, 0.15) is 18.9 Å². The summed E-state index contributed by atoms with van der Waals surface area (Å²) in [5.74, 6) is 0.0482. The van der Waals surface area contributed by atoms with Gasteiger partial charge in [0.05, 0.1) is 10.2 Å². The number of thiazole rings is 1. The Morgan fingerprint density at radius 2 is 2.17 bits per heavy atom. The molecule has 1 atom stereocenters. The van der Waals surface area contributed by atoms with Crippen molar-refractivity contribution in [3.63, 3.8) is 0 Å². The molecule has 0 spiro atoms. The molecule has 5 heteroatoms. The normalized spacial score (nSPS) is 13.1. The largest absolute Gasteiger partial charge is 0.480 e. The minimum absolute atomic E-state index is 0.127. The number of carboxylic acids is 1. The number of aliphatic carboxylic acids is 1. The van der Waals surface area contributed by atoms with Gasteiger partial charge in [-0.25, -0.2) is 4.98 Å². The number of rotatable bonds is 5. The highest BCUT2D eigenvalue weighted by molar-refractivity contribution is 7.99. The van der Waals surface area contributed by atoms with Crippen molar-refractivity contribution < 1.29 is 9.90 Å². The summed E-state index contributed by atoms with van der Waals surface area (Å²) in [5, 5.41) is 9.75. The maximum atomic E-state index is 11.1. The van der Waals surface area contributed by atoms with E-state index in [9.17, 15) is 4.79 Å². The summed E-state index contributed by atoms with van der Waals surface area (Å²) >= 11 is 3.09. The van der Waals surface area contributed by atoms with Crippen LogP contribution in [0.3, 0.4) is 0 Å². The van der Waals surface area contributed by atoms with Gasteiger partial charge in [0.15, 0.2) is 0 Å². The Labute approximate surface area is 114 Å². The summed E-state index contributed by atoms with van der Waals surface area (Å²) in [6, 6.07) is 7.98. The summed E-state index contributed by atoms with van der Waals surface area (Å²) in [6.45, 7) is 3.87. The van der Waals surface area contributed by atoms with Gasteiger partial charge in [0.2, 0.25) is 0 Å². The van der Waals surface area contributed by atoms with Crippen molar-refractivity contribution in [2.45, 2.75) is 24.9 Å². The van der Waals surface area contributed by atoms with Crippen LogP contribution in [0.15, 0.2) is 24.3 Å². The molecule has 0 bridgehead atoms. The smallest absolute Gasteiger partial charge is 0.316 e. The molecule has 0 radical (unpaired) electrons. The van der Waals surface area contributed by atoms with Gasteiger partial charge >= 0.3 is 5.97 Å². The second kappa shape index (κ2) is 5.71. The van der Waals surface area contributed by atoms with Crippen LogP contribution in [0.25, 0.3) is 10.2 Å². The number of carboxylic acid groups (broad SMARTS) is 1. The van der Waals surface area contributed by atoms with Crippen LogP contribution in [0, 0.1) is 5.92 Å². The van der Waals surface area contributed by atoms with Gasteiger partial charge in [-0.05, 0) is 18.1 Å². The van der Waals surface area contributed by atoms with Crippen molar-refractivity contribution in [2.75, 3.05) is 0 Å². The number of hydrogen-bond donors (Lipinski definition) is 1. The molecular formula is C13H15NO2S2. The molecule has 96 valence electrons. The lowest BCUT2D eigenvalue weighted by molar-refractivity contribution is -0.137. The molecule has 0 aliphatic rings. The molecule has 2 aromatic rings. The maximum absolute atomic E-state index is 11.1. The Morgan fingerprint density at radius 1 is 1.44 bits per heavy atom. The molecule has 0 aliphatic carbocycles. The van der Waals surface area contributed by atoms with Gasteiger partial charge in [-0.1, -0.05) is 26.0 Å². The lowest BCUT2D eigenvalue weighted by atomic mass is 10.1. The fourth-order valence-electron chi connectivity index (χ4n) is 1.69. The molecule has 0 saturated carbocycles. The van der Waals surface area contributed by atoms with Crippen LogP contribution < -0.4 is 0 Å². The highest BCUT2D eigenvalue weighted by Gasteiger charge is 2.22. The third kappa shape index (κ3) is 3.03. The van der Waals surface area contributed by atoms with E-state index in [-0.39, 0.29) is 11.2 Å². The molecule has 0 aliphatic heterocycles. The zero-order valence-corrected chi connectivity index (χ0v) is 11.9. The van der Waals surface area contributed by atoms with Crippen molar-refractivity contribution in [2.24, 2.45) is 5.92 Å². The number of hydrogen-bond acceptors (Lipinski definition) is 4. The second-order valence-electron chi connectivity index (χ2n) is 4.39. The second-order valence-corrected chi connectivity index (χ2v) is 6.63. The number of aromatic nitrogens is 1. The first kappa shape index (κ1) is 13.4. The van der Waals surface area contributed by atoms with Gasteiger partial charge < -0.3 is 5.11 Å². The third-order valence-electron chi connectivity index (χ3n) is 2.57. The predicted octanol–water partition coefficient (Wildman–Crippen LogP) is 3.64. The van der Waals surface area contributed by atoms with Crippen molar-refractivity contribution in [1.29, 1.82) is 0 Å². The van der Waals surface area contributed by atoms with E-state index in [1.807, 2.05) is 38.1 Å². The average Bonchev–Trinajstić information content (AvgIpc) is 2.70. The predicted molar refractivity (Wildman–Crippen MR) is 77.2 cm³/mol. The van der Waals surface area contributed by atoms with Crippen LogP contribution in [0.5, 0.6) is 0 Å². The van der Waals surface area contributed by atoms with Gasteiger partial charge in [0.1, 0.15) is 10.3 Å². The van der Waals surface area contributed by atoms with E-state index in [0.717, 1.165) is 15.2 Å².